The summed E-state index contributed by atoms with van der Waals surface area (Å²) in [5, 5.41) is 14.8. The minimum Gasteiger partial charge on any atom is -0.504 e. The van der Waals surface area contributed by atoms with E-state index >= 15 is 0 Å². The lowest BCUT2D eigenvalue weighted by Crippen LogP contribution is -2.27. The van der Waals surface area contributed by atoms with E-state index in [1.807, 2.05) is 30.3 Å². The molecule has 0 fully saturated rings. The van der Waals surface area contributed by atoms with Crippen molar-refractivity contribution < 1.29 is 9.84 Å². The summed E-state index contributed by atoms with van der Waals surface area (Å²) in [4.78, 5) is 9.26. The predicted molar refractivity (Wildman–Crippen MR) is 96.6 cm³/mol. The molecule has 0 aliphatic heterocycles. The SMILES string of the molecule is COc1cccc(-c2nc(NC(C)(C)C)c3ccccc3n2)c1O. The van der Waals surface area contributed by atoms with Crippen LogP contribution in [0.4, 0.5) is 5.82 Å². The van der Waals surface area contributed by atoms with Gasteiger partial charge in [0.05, 0.1) is 18.2 Å². The Labute approximate surface area is 141 Å². The summed E-state index contributed by atoms with van der Waals surface area (Å²) < 4.78 is 5.18. The minimum atomic E-state index is -0.148. The maximum atomic E-state index is 10.4. The van der Waals surface area contributed by atoms with Gasteiger partial charge >= 0.3 is 0 Å². The molecule has 0 saturated heterocycles. The lowest BCUT2D eigenvalue weighted by Gasteiger charge is -2.22. The first kappa shape index (κ1) is 16.1. The Morgan fingerprint density at radius 2 is 1.75 bits per heavy atom. The molecule has 1 aromatic heterocycles. The highest BCUT2D eigenvalue weighted by Crippen LogP contribution is 2.36. The number of hydrogen-bond acceptors (Lipinski definition) is 5. The largest absolute Gasteiger partial charge is 0.504 e. The number of phenols is 1. The number of anilines is 1. The number of ether oxygens (including phenoxy) is 1. The molecule has 2 N–H and O–H groups in total. The quantitative estimate of drug-likeness (QED) is 0.755. The second-order valence-corrected chi connectivity index (χ2v) is 6.64. The summed E-state index contributed by atoms with van der Waals surface area (Å²) in [5.74, 6) is 1.63. The number of aromatic hydroxyl groups is 1. The number of para-hydroxylation sites is 2. The zero-order valence-electron chi connectivity index (χ0n) is 14.3. The molecule has 0 saturated carbocycles. The van der Waals surface area contributed by atoms with Gasteiger partial charge in [-0.25, -0.2) is 9.97 Å². The summed E-state index contributed by atoms with van der Waals surface area (Å²) in [5.41, 5.74) is 1.21. The standard InChI is InChI=1S/C19H21N3O2/c1-19(2,3)22-18-12-8-5-6-10-14(12)20-17(21-18)13-9-7-11-15(24-4)16(13)23/h5-11,23H,1-4H3,(H,20,21,22). The Balaban J connectivity index is 2.23. The first-order chi connectivity index (χ1) is 11.4. The number of nitrogens with zero attached hydrogens (tertiary/aromatic N) is 2. The van der Waals surface area contributed by atoms with Crippen molar-refractivity contribution in [3.8, 4) is 22.9 Å². The molecule has 24 heavy (non-hydrogen) atoms. The van der Waals surface area contributed by atoms with Gasteiger partial charge < -0.3 is 15.2 Å². The highest BCUT2D eigenvalue weighted by Gasteiger charge is 2.17. The number of rotatable bonds is 3. The lowest BCUT2D eigenvalue weighted by atomic mass is 10.1. The molecule has 3 rings (SSSR count). The smallest absolute Gasteiger partial charge is 0.168 e. The molecule has 0 radical (unpaired) electrons. The molecule has 0 aliphatic rings. The number of aromatic nitrogens is 2. The fraction of sp³-hybridized carbons (Fsp3) is 0.263. The normalized spacial score (nSPS) is 11.5. The Morgan fingerprint density at radius 3 is 2.46 bits per heavy atom. The van der Waals surface area contributed by atoms with E-state index in [0.717, 1.165) is 16.7 Å². The van der Waals surface area contributed by atoms with E-state index in [0.29, 0.717) is 17.1 Å². The van der Waals surface area contributed by atoms with Crippen molar-refractivity contribution in [2.45, 2.75) is 26.3 Å². The number of fused-ring (bicyclic) bond motifs is 1. The van der Waals surface area contributed by atoms with Crippen LogP contribution in [0.2, 0.25) is 0 Å². The van der Waals surface area contributed by atoms with Gasteiger partial charge in [0.1, 0.15) is 5.82 Å². The number of hydrogen-bond donors (Lipinski definition) is 2. The van der Waals surface area contributed by atoms with Gasteiger partial charge in [0, 0.05) is 10.9 Å². The fourth-order valence-corrected chi connectivity index (χ4v) is 2.52. The third-order valence-corrected chi connectivity index (χ3v) is 3.56. The summed E-state index contributed by atoms with van der Waals surface area (Å²) in [6, 6.07) is 13.1. The average molecular weight is 323 g/mol. The van der Waals surface area contributed by atoms with Gasteiger partial charge in [-0.2, -0.15) is 0 Å². The molecular weight excluding hydrogens is 302 g/mol. The molecule has 1 heterocycles. The van der Waals surface area contributed by atoms with Crippen molar-refractivity contribution in [2.75, 3.05) is 12.4 Å². The number of methoxy groups -OCH3 is 1. The Bertz CT molecular complexity index is 885. The molecule has 2 aromatic carbocycles. The Hall–Kier alpha value is -2.82. The summed E-state index contributed by atoms with van der Waals surface area (Å²) >= 11 is 0. The van der Waals surface area contributed by atoms with E-state index in [1.54, 1.807) is 12.1 Å². The van der Waals surface area contributed by atoms with Crippen molar-refractivity contribution in [3.05, 3.63) is 42.5 Å². The van der Waals surface area contributed by atoms with Crippen LogP contribution in [0, 0.1) is 0 Å². The molecule has 5 nitrogen and oxygen atoms in total. The Morgan fingerprint density at radius 1 is 1.00 bits per heavy atom. The topological polar surface area (TPSA) is 67.3 Å². The highest BCUT2D eigenvalue weighted by molar-refractivity contribution is 5.91. The van der Waals surface area contributed by atoms with E-state index in [1.165, 1.54) is 7.11 Å². The highest BCUT2D eigenvalue weighted by atomic mass is 16.5. The van der Waals surface area contributed by atoms with Gasteiger partial charge in [0.15, 0.2) is 17.3 Å². The van der Waals surface area contributed by atoms with Crippen molar-refractivity contribution >= 4 is 16.7 Å². The van der Waals surface area contributed by atoms with Crippen LogP contribution in [0.25, 0.3) is 22.3 Å². The molecule has 0 bridgehead atoms. The van der Waals surface area contributed by atoms with E-state index in [2.05, 4.69) is 36.1 Å². The van der Waals surface area contributed by atoms with Crippen molar-refractivity contribution in [1.29, 1.82) is 0 Å². The molecule has 0 unspecified atom stereocenters. The van der Waals surface area contributed by atoms with Crippen LogP contribution in [0.15, 0.2) is 42.5 Å². The van der Waals surface area contributed by atoms with E-state index in [4.69, 9.17) is 4.74 Å². The molecule has 0 atom stereocenters. The molecular formula is C19H21N3O2. The first-order valence-corrected chi connectivity index (χ1v) is 7.80. The molecule has 3 aromatic rings. The number of benzene rings is 2. The Kier molecular flexibility index (Phi) is 4.01. The molecule has 124 valence electrons. The van der Waals surface area contributed by atoms with E-state index in [9.17, 15) is 5.11 Å². The molecule has 0 spiro atoms. The predicted octanol–water partition coefficient (Wildman–Crippen LogP) is 4.22. The van der Waals surface area contributed by atoms with E-state index < -0.39 is 0 Å². The second-order valence-electron chi connectivity index (χ2n) is 6.64. The van der Waals surface area contributed by atoms with Crippen LogP contribution >= 0.6 is 0 Å². The summed E-state index contributed by atoms with van der Waals surface area (Å²) in [7, 11) is 1.52. The van der Waals surface area contributed by atoms with Crippen LogP contribution < -0.4 is 10.1 Å². The van der Waals surface area contributed by atoms with Crippen molar-refractivity contribution in [1.82, 2.24) is 9.97 Å². The average Bonchev–Trinajstić information content (AvgIpc) is 2.53. The summed E-state index contributed by atoms with van der Waals surface area (Å²) in [6.07, 6.45) is 0. The van der Waals surface area contributed by atoms with Crippen LogP contribution in [-0.2, 0) is 0 Å². The van der Waals surface area contributed by atoms with Gasteiger partial charge in [-0.05, 0) is 45.0 Å². The van der Waals surface area contributed by atoms with Gasteiger partial charge in [-0.3, -0.25) is 0 Å². The van der Waals surface area contributed by atoms with Crippen molar-refractivity contribution in [2.24, 2.45) is 0 Å². The maximum Gasteiger partial charge on any atom is 0.168 e. The van der Waals surface area contributed by atoms with Crippen LogP contribution in [0.3, 0.4) is 0 Å². The monoisotopic (exact) mass is 323 g/mol. The van der Waals surface area contributed by atoms with Gasteiger partial charge in [-0.15, -0.1) is 0 Å². The number of phenolic OH excluding ortho intramolecular Hbond substituents is 1. The minimum absolute atomic E-state index is 0.0389. The molecule has 0 amide bonds. The molecule has 5 heteroatoms. The molecule has 0 aliphatic carbocycles. The van der Waals surface area contributed by atoms with Gasteiger partial charge in [-0.1, -0.05) is 18.2 Å². The second kappa shape index (κ2) is 6.00. The van der Waals surface area contributed by atoms with Crippen LogP contribution in [0.1, 0.15) is 20.8 Å². The fourth-order valence-electron chi connectivity index (χ4n) is 2.52. The van der Waals surface area contributed by atoms with Crippen LogP contribution in [-0.4, -0.2) is 27.7 Å². The van der Waals surface area contributed by atoms with Crippen molar-refractivity contribution in [3.63, 3.8) is 0 Å². The first-order valence-electron chi connectivity index (χ1n) is 7.80. The third kappa shape index (κ3) is 3.11. The summed E-state index contributed by atoms with van der Waals surface area (Å²) in [6.45, 7) is 6.23. The third-order valence-electron chi connectivity index (χ3n) is 3.56. The van der Waals surface area contributed by atoms with E-state index in [-0.39, 0.29) is 11.3 Å². The zero-order chi connectivity index (χ0) is 17.3. The van der Waals surface area contributed by atoms with Gasteiger partial charge in [0.2, 0.25) is 0 Å². The maximum absolute atomic E-state index is 10.4. The number of nitrogens with one attached hydrogen (secondary N) is 1. The zero-order valence-corrected chi connectivity index (χ0v) is 14.3. The van der Waals surface area contributed by atoms with Crippen LogP contribution in [0.5, 0.6) is 11.5 Å². The lowest BCUT2D eigenvalue weighted by molar-refractivity contribution is 0.374. The van der Waals surface area contributed by atoms with Gasteiger partial charge in [0.25, 0.3) is 0 Å².